The summed E-state index contributed by atoms with van der Waals surface area (Å²) >= 11 is 4.34. The Bertz CT molecular complexity index is 408. The number of rotatable bonds is 4. The van der Waals surface area contributed by atoms with Gasteiger partial charge < -0.3 is 10.8 Å². The van der Waals surface area contributed by atoms with Crippen LogP contribution in [0.25, 0.3) is 0 Å². The summed E-state index contributed by atoms with van der Waals surface area (Å²) in [5, 5.41) is 8.84. The summed E-state index contributed by atoms with van der Waals surface area (Å²) < 4.78 is 0.512. The Morgan fingerprint density at radius 3 is 2.67 bits per heavy atom. The molecule has 0 aliphatic rings. The van der Waals surface area contributed by atoms with Crippen molar-refractivity contribution in [3.05, 3.63) is 28.2 Å². The fraction of sp³-hybridized carbons (Fsp3) is 0.111. The summed E-state index contributed by atoms with van der Waals surface area (Å²) in [6, 6.07) is 4.86. The molecule has 1 aromatic carbocycles. The quantitative estimate of drug-likeness (QED) is 0.827. The van der Waals surface area contributed by atoms with Gasteiger partial charge in [0.1, 0.15) is 0 Å². The van der Waals surface area contributed by atoms with Crippen LogP contribution in [0, 0.1) is 0 Å². The van der Waals surface area contributed by atoms with E-state index in [1.165, 1.54) is 17.8 Å². The highest BCUT2D eigenvalue weighted by Crippen LogP contribution is 2.24. The van der Waals surface area contributed by atoms with E-state index < -0.39 is 11.9 Å². The zero-order valence-corrected chi connectivity index (χ0v) is 9.97. The second-order valence-electron chi connectivity index (χ2n) is 2.70. The fourth-order valence-corrected chi connectivity index (χ4v) is 2.00. The average Bonchev–Trinajstić information content (AvgIpc) is 2.16. The van der Waals surface area contributed by atoms with Gasteiger partial charge in [0.25, 0.3) is 0 Å². The van der Waals surface area contributed by atoms with Gasteiger partial charge in [0.2, 0.25) is 5.91 Å². The number of carbonyl (C=O) groups is 2. The van der Waals surface area contributed by atoms with Crippen LogP contribution in [-0.2, 0) is 4.79 Å². The highest BCUT2D eigenvalue weighted by Gasteiger charge is 2.09. The molecule has 1 rings (SSSR count). The molecule has 1 amide bonds. The summed E-state index contributed by atoms with van der Waals surface area (Å²) in [6.07, 6.45) is 0. The van der Waals surface area contributed by atoms with Crippen LogP contribution in [0.1, 0.15) is 10.4 Å². The summed E-state index contributed by atoms with van der Waals surface area (Å²) in [5.41, 5.74) is 5.15. The van der Waals surface area contributed by atoms with Crippen molar-refractivity contribution >= 4 is 39.6 Å². The van der Waals surface area contributed by atoms with Gasteiger partial charge in [0.05, 0.1) is 11.3 Å². The third-order valence-corrected chi connectivity index (χ3v) is 3.26. The minimum Gasteiger partial charge on any atom is -0.478 e. The summed E-state index contributed by atoms with van der Waals surface area (Å²) in [4.78, 5) is 22.0. The first-order valence-electron chi connectivity index (χ1n) is 3.94. The standard InChI is InChI=1S/C9H8BrNO3S/c10-7-2-1-5(15-4-8(11)12)3-6(7)9(13)14/h1-3H,4H2,(H2,11,12)(H,13,14). The molecule has 0 fully saturated rings. The van der Waals surface area contributed by atoms with E-state index in [1.54, 1.807) is 12.1 Å². The molecule has 0 saturated heterocycles. The van der Waals surface area contributed by atoms with Crippen molar-refractivity contribution in [1.29, 1.82) is 0 Å². The van der Waals surface area contributed by atoms with Gasteiger partial charge >= 0.3 is 5.97 Å². The number of carboxylic acids is 1. The predicted molar refractivity (Wildman–Crippen MR) is 61.0 cm³/mol. The third-order valence-electron chi connectivity index (χ3n) is 1.55. The predicted octanol–water partition coefficient (Wildman–Crippen LogP) is 1.72. The second kappa shape index (κ2) is 5.18. The molecule has 0 spiro atoms. The van der Waals surface area contributed by atoms with Gasteiger partial charge in [-0.1, -0.05) is 0 Å². The number of halogens is 1. The largest absolute Gasteiger partial charge is 0.478 e. The third kappa shape index (κ3) is 3.56. The van der Waals surface area contributed by atoms with E-state index in [2.05, 4.69) is 15.9 Å². The number of carbonyl (C=O) groups excluding carboxylic acids is 1. The van der Waals surface area contributed by atoms with E-state index in [0.717, 1.165) is 0 Å². The second-order valence-corrected chi connectivity index (χ2v) is 4.60. The van der Waals surface area contributed by atoms with Crippen molar-refractivity contribution in [2.45, 2.75) is 4.90 Å². The lowest BCUT2D eigenvalue weighted by Crippen LogP contribution is -2.13. The lowest BCUT2D eigenvalue weighted by atomic mass is 10.2. The van der Waals surface area contributed by atoms with Gasteiger partial charge in [-0.25, -0.2) is 4.79 Å². The molecule has 80 valence electrons. The number of aromatic carboxylic acids is 1. The van der Waals surface area contributed by atoms with Crippen LogP contribution in [0.3, 0.4) is 0 Å². The number of nitrogens with two attached hydrogens (primary N) is 1. The highest BCUT2D eigenvalue weighted by molar-refractivity contribution is 9.10. The van der Waals surface area contributed by atoms with Crippen molar-refractivity contribution < 1.29 is 14.7 Å². The first-order valence-corrected chi connectivity index (χ1v) is 5.72. The summed E-state index contributed by atoms with van der Waals surface area (Å²) in [5.74, 6) is -1.30. The number of thioether (sulfide) groups is 1. The Balaban J connectivity index is 2.87. The molecule has 3 N–H and O–H groups in total. The van der Waals surface area contributed by atoms with Gasteiger partial charge in [-0.3, -0.25) is 4.79 Å². The SMILES string of the molecule is NC(=O)CSc1ccc(Br)c(C(=O)O)c1. The van der Waals surface area contributed by atoms with Crippen molar-refractivity contribution in [2.75, 3.05) is 5.75 Å². The van der Waals surface area contributed by atoms with Crippen molar-refractivity contribution in [3.8, 4) is 0 Å². The van der Waals surface area contributed by atoms with Crippen LogP contribution in [-0.4, -0.2) is 22.7 Å². The van der Waals surface area contributed by atoms with Crippen molar-refractivity contribution in [3.63, 3.8) is 0 Å². The molecular formula is C9H8BrNO3S. The number of benzene rings is 1. The maximum Gasteiger partial charge on any atom is 0.336 e. The van der Waals surface area contributed by atoms with E-state index in [1.807, 2.05) is 0 Å². The lowest BCUT2D eigenvalue weighted by molar-refractivity contribution is -0.115. The molecule has 1 aromatic rings. The van der Waals surface area contributed by atoms with Crippen LogP contribution in [0.5, 0.6) is 0 Å². The normalized spacial score (nSPS) is 9.93. The molecule has 0 unspecified atom stereocenters. The lowest BCUT2D eigenvalue weighted by Gasteiger charge is -2.02. The van der Waals surface area contributed by atoms with Crippen molar-refractivity contribution in [2.24, 2.45) is 5.73 Å². The van der Waals surface area contributed by atoms with Gasteiger partial charge in [0, 0.05) is 9.37 Å². The van der Waals surface area contributed by atoms with E-state index in [9.17, 15) is 9.59 Å². The zero-order chi connectivity index (χ0) is 11.4. The minimum atomic E-state index is -1.01. The number of hydrogen-bond acceptors (Lipinski definition) is 3. The Morgan fingerprint density at radius 2 is 2.13 bits per heavy atom. The monoisotopic (exact) mass is 289 g/mol. The number of primary amides is 1. The maximum absolute atomic E-state index is 10.8. The molecule has 0 aromatic heterocycles. The number of amides is 1. The van der Waals surface area contributed by atoms with Gasteiger partial charge in [-0.15, -0.1) is 11.8 Å². The zero-order valence-electron chi connectivity index (χ0n) is 7.57. The van der Waals surface area contributed by atoms with Crippen LogP contribution < -0.4 is 5.73 Å². The van der Waals surface area contributed by atoms with Crippen molar-refractivity contribution in [1.82, 2.24) is 0 Å². The topological polar surface area (TPSA) is 80.4 Å². The van der Waals surface area contributed by atoms with Gasteiger partial charge in [-0.2, -0.15) is 0 Å². The van der Waals surface area contributed by atoms with E-state index in [-0.39, 0.29) is 11.3 Å². The first-order chi connectivity index (χ1) is 7.00. The molecule has 4 nitrogen and oxygen atoms in total. The van der Waals surface area contributed by atoms with E-state index in [4.69, 9.17) is 10.8 Å². The fourth-order valence-electron chi connectivity index (χ4n) is 0.913. The highest BCUT2D eigenvalue weighted by atomic mass is 79.9. The number of hydrogen-bond donors (Lipinski definition) is 2. The number of carboxylic acid groups (broad SMARTS) is 1. The Morgan fingerprint density at radius 1 is 1.47 bits per heavy atom. The van der Waals surface area contributed by atoms with Crippen LogP contribution in [0.2, 0.25) is 0 Å². The molecule has 15 heavy (non-hydrogen) atoms. The van der Waals surface area contributed by atoms with Crippen LogP contribution in [0.15, 0.2) is 27.6 Å². The molecule has 0 aliphatic heterocycles. The van der Waals surface area contributed by atoms with E-state index in [0.29, 0.717) is 9.37 Å². The van der Waals surface area contributed by atoms with Crippen LogP contribution >= 0.6 is 27.7 Å². The van der Waals surface area contributed by atoms with Crippen LogP contribution in [0.4, 0.5) is 0 Å². The summed E-state index contributed by atoms with van der Waals surface area (Å²) in [6.45, 7) is 0. The molecule has 0 heterocycles. The molecular weight excluding hydrogens is 282 g/mol. The first kappa shape index (κ1) is 12.1. The molecule has 0 radical (unpaired) electrons. The Hall–Kier alpha value is -1.01. The Labute approximate surface area is 99.0 Å². The smallest absolute Gasteiger partial charge is 0.336 e. The molecule has 0 bridgehead atoms. The molecule has 0 atom stereocenters. The van der Waals surface area contributed by atoms with Gasteiger partial charge in [-0.05, 0) is 34.1 Å². The van der Waals surface area contributed by atoms with Gasteiger partial charge in [0.15, 0.2) is 0 Å². The molecule has 0 aliphatic carbocycles. The minimum absolute atomic E-state index is 0.140. The molecule has 6 heteroatoms. The van der Waals surface area contributed by atoms with E-state index >= 15 is 0 Å². The maximum atomic E-state index is 10.8. The summed E-state index contributed by atoms with van der Waals surface area (Å²) in [7, 11) is 0. The molecule has 0 saturated carbocycles. The Kier molecular flexibility index (Phi) is 4.16. The average molecular weight is 290 g/mol.